The summed E-state index contributed by atoms with van der Waals surface area (Å²) < 4.78 is 9.91. The molecule has 0 spiro atoms. The van der Waals surface area contributed by atoms with Crippen LogP contribution in [0.5, 0.6) is 0 Å². The van der Waals surface area contributed by atoms with Crippen molar-refractivity contribution in [2.75, 3.05) is 46.5 Å². The molecule has 0 radical (unpaired) electrons. The Morgan fingerprint density at radius 2 is 2.00 bits per heavy atom. The predicted molar refractivity (Wildman–Crippen MR) is 77.4 cm³/mol. The Bertz CT molecular complexity index is 498. The Morgan fingerprint density at radius 1 is 1.29 bits per heavy atom. The first-order valence-electron chi connectivity index (χ1n) is 6.97. The summed E-state index contributed by atoms with van der Waals surface area (Å²) >= 11 is 0. The van der Waals surface area contributed by atoms with E-state index in [0.717, 1.165) is 32.8 Å². The van der Waals surface area contributed by atoms with Crippen LogP contribution in [0, 0.1) is 0 Å². The molecule has 0 unspecified atom stereocenters. The van der Waals surface area contributed by atoms with E-state index < -0.39 is 5.97 Å². The second-order valence-corrected chi connectivity index (χ2v) is 4.78. The van der Waals surface area contributed by atoms with Gasteiger partial charge in [0, 0.05) is 31.7 Å². The first kappa shape index (κ1) is 15.5. The van der Waals surface area contributed by atoms with Crippen LogP contribution < -0.4 is 5.32 Å². The number of methoxy groups -OCH3 is 1. The normalized spacial score (nSPS) is 15.5. The minimum Gasteiger partial charge on any atom is -0.465 e. The molecule has 1 N–H and O–H groups in total. The number of ether oxygens (including phenoxy) is 2. The smallest absolute Gasteiger partial charge is 0.337 e. The van der Waals surface area contributed by atoms with E-state index in [0.29, 0.717) is 17.7 Å². The van der Waals surface area contributed by atoms with Crippen LogP contribution in [-0.4, -0.2) is 63.3 Å². The monoisotopic (exact) mass is 292 g/mol. The molecule has 0 saturated carbocycles. The number of morpholine rings is 1. The minimum atomic E-state index is -0.446. The quantitative estimate of drug-likeness (QED) is 0.802. The summed E-state index contributed by atoms with van der Waals surface area (Å²) in [6.45, 7) is 4.65. The van der Waals surface area contributed by atoms with Crippen LogP contribution in [0.1, 0.15) is 20.7 Å². The zero-order valence-corrected chi connectivity index (χ0v) is 12.1. The van der Waals surface area contributed by atoms with Crippen LogP contribution in [0.3, 0.4) is 0 Å². The number of esters is 1. The molecule has 1 aliphatic rings. The molecule has 2 rings (SSSR count). The van der Waals surface area contributed by atoms with Crippen molar-refractivity contribution in [2.45, 2.75) is 0 Å². The summed E-state index contributed by atoms with van der Waals surface area (Å²) in [4.78, 5) is 25.7. The number of hydrogen-bond donors (Lipinski definition) is 1. The summed E-state index contributed by atoms with van der Waals surface area (Å²) in [5.41, 5.74) is 0.832. The maximum absolute atomic E-state index is 12.0. The lowest BCUT2D eigenvalue weighted by Crippen LogP contribution is -2.41. The fourth-order valence-electron chi connectivity index (χ4n) is 2.16. The van der Waals surface area contributed by atoms with Gasteiger partial charge in [-0.1, -0.05) is 6.07 Å². The van der Waals surface area contributed by atoms with Gasteiger partial charge in [-0.05, 0) is 18.2 Å². The van der Waals surface area contributed by atoms with Crippen molar-refractivity contribution in [3.8, 4) is 0 Å². The molecule has 114 valence electrons. The molecule has 0 atom stereocenters. The van der Waals surface area contributed by atoms with Crippen molar-refractivity contribution in [1.29, 1.82) is 0 Å². The van der Waals surface area contributed by atoms with Crippen LogP contribution >= 0.6 is 0 Å². The van der Waals surface area contributed by atoms with Crippen LogP contribution in [0.2, 0.25) is 0 Å². The highest BCUT2D eigenvalue weighted by Crippen LogP contribution is 2.06. The average Bonchev–Trinajstić information content (AvgIpc) is 2.55. The lowest BCUT2D eigenvalue weighted by Gasteiger charge is -2.26. The molecule has 0 aromatic heterocycles. The molecule has 6 nitrogen and oxygen atoms in total. The van der Waals surface area contributed by atoms with Gasteiger partial charge in [0.1, 0.15) is 0 Å². The van der Waals surface area contributed by atoms with Gasteiger partial charge in [0.15, 0.2) is 0 Å². The van der Waals surface area contributed by atoms with Gasteiger partial charge < -0.3 is 14.8 Å². The second-order valence-electron chi connectivity index (χ2n) is 4.78. The SMILES string of the molecule is COC(=O)c1cccc(C(=O)NCCN2CCOCC2)c1. The summed E-state index contributed by atoms with van der Waals surface area (Å²) in [5.74, 6) is -0.632. The second kappa shape index (κ2) is 7.75. The Kier molecular flexibility index (Phi) is 5.71. The van der Waals surface area contributed by atoms with Gasteiger partial charge in [0.25, 0.3) is 5.91 Å². The van der Waals surface area contributed by atoms with Gasteiger partial charge >= 0.3 is 5.97 Å². The highest BCUT2D eigenvalue weighted by Gasteiger charge is 2.12. The van der Waals surface area contributed by atoms with Gasteiger partial charge in [0.05, 0.1) is 25.9 Å². The van der Waals surface area contributed by atoms with Crippen LogP contribution in [0.25, 0.3) is 0 Å². The van der Waals surface area contributed by atoms with Crippen molar-refractivity contribution in [2.24, 2.45) is 0 Å². The highest BCUT2D eigenvalue weighted by molar-refractivity contribution is 5.97. The molecule has 1 aromatic carbocycles. The lowest BCUT2D eigenvalue weighted by atomic mass is 10.1. The zero-order valence-electron chi connectivity index (χ0n) is 12.1. The Morgan fingerprint density at radius 3 is 2.71 bits per heavy atom. The van der Waals surface area contributed by atoms with Crippen molar-refractivity contribution in [1.82, 2.24) is 10.2 Å². The summed E-state index contributed by atoms with van der Waals surface area (Å²) in [6.07, 6.45) is 0. The molecule has 1 aliphatic heterocycles. The molecule has 0 bridgehead atoms. The van der Waals surface area contributed by atoms with Crippen molar-refractivity contribution >= 4 is 11.9 Å². The average molecular weight is 292 g/mol. The number of rotatable bonds is 5. The molecule has 1 aromatic rings. The van der Waals surface area contributed by atoms with E-state index in [1.165, 1.54) is 13.2 Å². The molecule has 1 heterocycles. The van der Waals surface area contributed by atoms with E-state index in [4.69, 9.17) is 4.74 Å². The zero-order chi connectivity index (χ0) is 15.1. The van der Waals surface area contributed by atoms with Gasteiger partial charge in [-0.3, -0.25) is 9.69 Å². The Hall–Kier alpha value is -1.92. The minimum absolute atomic E-state index is 0.186. The molecule has 1 saturated heterocycles. The first-order chi connectivity index (χ1) is 10.2. The molecule has 1 amide bonds. The molecule has 0 aliphatic carbocycles. The van der Waals surface area contributed by atoms with Crippen LogP contribution in [-0.2, 0) is 9.47 Å². The van der Waals surface area contributed by atoms with Gasteiger partial charge in [0.2, 0.25) is 0 Å². The van der Waals surface area contributed by atoms with Gasteiger partial charge in [-0.15, -0.1) is 0 Å². The van der Waals surface area contributed by atoms with E-state index >= 15 is 0 Å². The predicted octanol–water partition coefficient (Wildman–Crippen LogP) is 0.535. The fraction of sp³-hybridized carbons (Fsp3) is 0.467. The lowest BCUT2D eigenvalue weighted by molar-refractivity contribution is 0.0383. The third-order valence-corrected chi connectivity index (χ3v) is 3.36. The van der Waals surface area contributed by atoms with Gasteiger partial charge in [-0.25, -0.2) is 4.79 Å². The third-order valence-electron chi connectivity index (χ3n) is 3.36. The van der Waals surface area contributed by atoms with Gasteiger partial charge in [-0.2, -0.15) is 0 Å². The first-order valence-corrected chi connectivity index (χ1v) is 6.97. The summed E-state index contributed by atoms with van der Waals surface area (Å²) in [5, 5.41) is 2.86. The topological polar surface area (TPSA) is 67.9 Å². The number of amides is 1. The number of hydrogen-bond acceptors (Lipinski definition) is 5. The highest BCUT2D eigenvalue weighted by atomic mass is 16.5. The largest absolute Gasteiger partial charge is 0.465 e. The molecule has 21 heavy (non-hydrogen) atoms. The van der Waals surface area contributed by atoms with E-state index in [1.807, 2.05) is 0 Å². The molecule has 1 fully saturated rings. The Balaban J connectivity index is 1.83. The number of nitrogens with zero attached hydrogens (tertiary/aromatic N) is 1. The number of benzene rings is 1. The van der Waals surface area contributed by atoms with Crippen LogP contribution in [0.4, 0.5) is 0 Å². The number of carbonyl (C=O) groups is 2. The van der Waals surface area contributed by atoms with Crippen LogP contribution in [0.15, 0.2) is 24.3 Å². The van der Waals surface area contributed by atoms with E-state index in [9.17, 15) is 9.59 Å². The van der Waals surface area contributed by atoms with Crippen molar-refractivity contribution < 1.29 is 19.1 Å². The van der Waals surface area contributed by atoms with E-state index in [2.05, 4.69) is 15.0 Å². The van der Waals surface area contributed by atoms with E-state index in [-0.39, 0.29) is 5.91 Å². The van der Waals surface area contributed by atoms with Crippen molar-refractivity contribution in [3.05, 3.63) is 35.4 Å². The summed E-state index contributed by atoms with van der Waals surface area (Å²) in [7, 11) is 1.32. The number of nitrogens with one attached hydrogen (secondary N) is 1. The molecule has 6 heteroatoms. The standard InChI is InChI=1S/C15H20N2O4/c1-20-15(19)13-4-2-3-12(11-13)14(18)16-5-6-17-7-9-21-10-8-17/h2-4,11H,5-10H2,1H3,(H,16,18). The Labute approximate surface area is 124 Å². The third kappa shape index (κ3) is 4.54. The number of carbonyl (C=O) groups excluding carboxylic acids is 2. The van der Waals surface area contributed by atoms with Crippen molar-refractivity contribution in [3.63, 3.8) is 0 Å². The summed E-state index contributed by atoms with van der Waals surface area (Å²) in [6, 6.07) is 6.51. The molecular formula is C15H20N2O4. The van der Waals surface area contributed by atoms with E-state index in [1.54, 1.807) is 18.2 Å². The maximum Gasteiger partial charge on any atom is 0.337 e. The molecular weight excluding hydrogens is 272 g/mol. The fourth-order valence-corrected chi connectivity index (χ4v) is 2.16. The maximum atomic E-state index is 12.0.